The van der Waals surface area contributed by atoms with Gasteiger partial charge in [-0.05, 0) is 29.7 Å². The SMILES string of the molecule is COc1ccccc1CC(NN)c1ccccc1Cl. The van der Waals surface area contributed by atoms with Gasteiger partial charge in [0.15, 0.2) is 0 Å². The maximum absolute atomic E-state index is 6.21. The van der Waals surface area contributed by atoms with Gasteiger partial charge in [0.25, 0.3) is 0 Å². The fourth-order valence-electron chi connectivity index (χ4n) is 2.11. The molecule has 1 atom stereocenters. The molecule has 0 amide bonds. The van der Waals surface area contributed by atoms with Crippen LogP contribution < -0.4 is 16.0 Å². The van der Waals surface area contributed by atoms with E-state index in [9.17, 15) is 0 Å². The maximum atomic E-state index is 6.21. The summed E-state index contributed by atoms with van der Waals surface area (Å²) in [4.78, 5) is 0. The van der Waals surface area contributed by atoms with Crippen LogP contribution >= 0.6 is 11.6 Å². The zero-order valence-electron chi connectivity index (χ0n) is 10.8. The van der Waals surface area contributed by atoms with Crippen molar-refractivity contribution in [3.05, 3.63) is 64.7 Å². The van der Waals surface area contributed by atoms with Crippen LogP contribution in [0, 0.1) is 0 Å². The quantitative estimate of drug-likeness (QED) is 0.652. The van der Waals surface area contributed by atoms with Crippen LogP contribution in [0.4, 0.5) is 0 Å². The molecule has 0 aliphatic rings. The molecule has 0 fully saturated rings. The Morgan fingerprint density at radius 2 is 1.84 bits per heavy atom. The fraction of sp³-hybridized carbons (Fsp3) is 0.200. The van der Waals surface area contributed by atoms with Gasteiger partial charge in [-0.15, -0.1) is 0 Å². The third-order valence-electron chi connectivity index (χ3n) is 3.10. The van der Waals surface area contributed by atoms with E-state index in [2.05, 4.69) is 5.43 Å². The van der Waals surface area contributed by atoms with Gasteiger partial charge in [-0.25, -0.2) is 0 Å². The number of methoxy groups -OCH3 is 1. The average molecular weight is 277 g/mol. The van der Waals surface area contributed by atoms with Crippen LogP contribution in [0.3, 0.4) is 0 Å². The van der Waals surface area contributed by atoms with E-state index in [4.69, 9.17) is 22.2 Å². The first-order chi connectivity index (χ1) is 9.26. The molecule has 2 rings (SSSR count). The Morgan fingerprint density at radius 1 is 1.16 bits per heavy atom. The smallest absolute Gasteiger partial charge is 0.122 e. The van der Waals surface area contributed by atoms with Gasteiger partial charge < -0.3 is 4.74 Å². The largest absolute Gasteiger partial charge is 0.496 e. The van der Waals surface area contributed by atoms with Crippen LogP contribution in [0.5, 0.6) is 5.75 Å². The van der Waals surface area contributed by atoms with E-state index in [1.165, 1.54) is 0 Å². The lowest BCUT2D eigenvalue weighted by atomic mass is 9.99. The number of para-hydroxylation sites is 1. The fourth-order valence-corrected chi connectivity index (χ4v) is 2.38. The third-order valence-corrected chi connectivity index (χ3v) is 3.44. The van der Waals surface area contributed by atoms with Crippen LogP contribution in [0.2, 0.25) is 5.02 Å². The number of ether oxygens (including phenoxy) is 1. The lowest BCUT2D eigenvalue weighted by molar-refractivity contribution is 0.405. The Morgan fingerprint density at radius 3 is 2.53 bits per heavy atom. The number of benzene rings is 2. The topological polar surface area (TPSA) is 47.3 Å². The third kappa shape index (κ3) is 3.26. The molecular formula is C15H17ClN2O. The molecular weight excluding hydrogens is 260 g/mol. The summed E-state index contributed by atoms with van der Waals surface area (Å²) in [6.45, 7) is 0. The van der Waals surface area contributed by atoms with Gasteiger partial charge in [0.05, 0.1) is 13.2 Å². The summed E-state index contributed by atoms with van der Waals surface area (Å²) in [6.07, 6.45) is 0.713. The molecule has 0 aliphatic heterocycles. The van der Waals surface area contributed by atoms with Gasteiger partial charge in [-0.1, -0.05) is 48.0 Å². The number of halogens is 1. The molecule has 0 saturated carbocycles. The van der Waals surface area contributed by atoms with Gasteiger partial charge in [-0.3, -0.25) is 11.3 Å². The van der Waals surface area contributed by atoms with Crippen molar-refractivity contribution in [3.63, 3.8) is 0 Å². The van der Waals surface area contributed by atoms with Crippen LogP contribution in [0.1, 0.15) is 17.2 Å². The molecule has 0 saturated heterocycles. The Kier molecular flexibility index (Phi) is 4.80. The van der Waals surface area contributed by atoms with Gasteiger partial charge in [-0.2, -0.15) is 0 Å². The highest BCUT2D eigenvalue weighted by Gasteiger charge is 2.15. The zero-order valence-corrected chi connectivity index (χ0v) is 11.5. The molecule has 100 valence electrons. The van der Waals surface area contributed by atoms with Crippen molar-refractivity contribution in [1.29, 1.82) is 0 Å². The van der Waals surface area contributed by atoms with Crippen molar-refractivity contribution in [2.24, 2.45) is 5.84 Å². The normalized spacial score (nSPS) is 12.2. The Hall–Kier alpha value is -1.55. The van der Waals surface area contributed by atoms with E-state index < -0.39 is 0 Å². The predicted molar refractivity (Wildman–Crippen MR) is 78.2 cm³/mol. The molecule has 2 aromatic carbocycles. The summed E-state index contributed by atoms with van der Waals surface area (Å²) in [6, 6.07) is 15.5. The standard InChI is InChI=1S/C15H17ClN2O/c1-19-15-9-5-2-6-11(15)10-14(18-17)12-7-3-4-8-13(12)16/h2-9,14,18H,10,17H2,1H3. The van der Waals surface area contributed by atoms with Crippen LogP contribution in [-0.4, -0.2) is 7.11 Å². The summed E-state index contributed by atoms with van der Waals surface area (Å²) in [7, 11) is 1.67. The first-order valence-electron chi connectivity index (χ1n) is 6.08. The number of nitrogens with two attached hydrogens (primary N) is 1. The molecule has 0 radical (unpaired) electrons. The molecule has 3 N–H and O–H groups in total. The minimum absolute atomic E-state index is 0.0509. The first kappa shape index (κ1) is 13.9. The molecule has 0 heterocycles. The first-order valence-corrected chi connectivity index (χ1v) is 6.46. The van der Waals surface area contributed by atoms with Crippen molar-refractivity contribution in [2.45, 2.75) is 12.5 Å². The van der Waals surface area contributed by atoms with Gasteiger partial charge in [0.1, 0.15) is 5.75 Å². The highest BCUT2D eigenvalue weighted by Crippen LogP contribution is 2.28. The lowest BCUT2D eigenvalue weighted by Crippen LogP contribution is -2.29. The van der Waals surface area contributed by atoms with Crippen molar-refractivity contribution in [3.8, 4) is 5.75 Å². The van der Waals surface area contributed by atoms with Crippen LogP contribution in [0.25, 0.3) is 0 Å². The second-order valence-electron chi connectivity index (χ2n) is 4.26. The molecule has 0 spiro atoms. The summed E-state index contributed by atoms with van der Waals surface area (Å²) >= 11 is 6.21. The van der Waals surface area contributed by atoms with Gasteiger partial charge in [0.2, 0.25) is 0 Å². The molecule has 0 bridgehead atoms. The second kappa shape index (κ2) is 6.57. The van der Waals surface area contributed by atoms with Crippen LogP contribution in [0.15, 0.2) is 48.5 Å². The van der Waals surface area contributed by atoms with E-state index in [1.54, 1.807) is 7.11 Å². The molecule has 3 nitrogen and oxygen atoms in total. The highest BCUT2D eigenvalue weighted by molar-refractivity contribution is 6.31. The van der Waals surface area contributed by atoms with Gasteiger partial charge in [0, 0.05) is 5.02 Å². The highest BCUT2D eigenvalue weighted by atomic mass is 35.5. The van der Waals surface area contributed by atoms with E-state index in [1.807, 2.05) is 48.5 Å². The summed E-state index contributed by atoms with van der Waals surface area (Å²) in [5.74, 6) is 6.52. The average Bonchev–Trinajstić information content (AvgIpc) is 2.46. The van der Waals surface area contributed by atoms with Crippen molar-refractivity contribution in [1.82, 2.24) is 5.43 Å². The van der Waals surface area contributed by atoms with Crippen LogP contribution in [-0.2, 0) is 6.42 Å². The Bertz CT molecular complexity index is 545. The monoisotopic (exact) mass is 276 g/mol. The molecule has 0 aromatic heterocycles. The van der Waals surface area contributed by atoms with E-state index in [0.717, 1.165) is 16.9 Å². The maximum Gasteiger partial charge on any atom is 0.122 e. The lowest BCUT2D eigenvalue weighted by Gasteiger charge is -2.19. The van der Waals surface area contributed by atoms with E-state index >= 15 is 0 Å². The zero-order chi connectivity index (χ0) is 13.7. The van der Waals surface area contributed by atoms with Crippen molar-refractivity contribution in [2.75, 3.05) is 7.11 Å². The second-order valence-corrected chi connectivity index (χ2v) is 4.66. The van der Waals surface area contributed by atoms with Crippen molar-refractivity contribution < 1.29 is 4.74 Å². The molecule has 2 aromatic rings. The minimum atomic E-state index is -0.0509. The Balaban J connectivity index is 2.27. The number of rotatable bonds is 5. The number of hydrogen-bond acceptors (Lipinski definition) is 3. The summed E-state index contributed by atoms with van der Waals surface area (Å²) < 4.78 is 5.36. The molecule has 1 unspecified atom stereocenters. The summed E-state index contributed by atoms with van der Waals surface area (Å²) in [5.41, 5.74) is 4.89. The van der Waals surface area contributed by atoms with Gasteiger partial charge >= 0.3 is 0 Å². The number of hydrazine groups is 1. The minimum Gasteiger partial charge on any atom is -0.496 e. The Labute approximate surface area is 118 Å². The van der Waals surface area contributed by atoms with E-state index in [-0.39, 0.29) is 6.04 Å². The molecule has 19 heavy (non-hydrogen) atoms. The van der Waals surface area contributed by atoms with E-state index in [0.29, 0.717) is 11.4 Å². The predicted octanol–water partition coefficient (Wildman–Crippen LogP) is 3.10. The number of hydrogen-bond donors (Lipinski definition) is 2. The molecule has 0 aliphatic carbocycles. The summed E-state index contributed by atoms with van der Waals surface area (Å²) in [5, 5.41) is 0.709. The number of nitrogens with one attached hydrogen (secondary N) is 1. The van der Waals surface area contributed by atoms with Crippen molar-refractivity contribution >= 4 is 11.6 Å². The molecule has 4 heteroatoms.